The highest BCUT2D eigenvalue weighted by Crippen LogP contribution is 2.51. The molecule has 0 N–H and O–H groups in total. The summed E-state index contributed by atoms with van der Waals surface area (Å²) in [6.45, 7) is 3.49. The fraction of sp³-hybridized carbons (Fsp3) is 0.720. The van der Waals surface area contributed by atoms with Crippen molar-refractivity contribution in [1.82, 2.24) is 0 Å². The van der Waals surface area contributed by atoms with Crippen LogP contribution in [-0.2, 0) is 42.9 Å². The van der Waals surface area contributed by atoms with E-state index in [0.29, 0.717) is 6.29 Å². The van der Waals surface area contributed by atoms with Crippen LogP contribution >= 0.6 is 0 Å². The number of halogens is 4. The van der Waals surface area contributed by atoms with E-state index >= 15 is 0 Å². The summed E-state index contributed by atoms with van der Waals surface area (Å²) in [7, 11) is 4.44. The molecular formula is C25H34F4O9. The van der Waals surface area contributed by atoms with Gasteiger partial charge in [-0.05, 0) is 19.3 Å². The Labute approximate surface area is 218 Å². The first-order chi connectivity index (χ1) is 17.6. The molecule has 0 aromatic rings. The second kappa shape index (κ2) is 13.2. The van der Waals surface area contributed by atoms with Gasteiger partial charge in [-0.3, -0.25) is 19.2 Å². The van der Waals surface area contributed by atoms with Crippen LogP contribution in [0, 0.1) is 22.7 Å². The molecule has 2 unspecified atom stereocenters. The quantitative estimate of drug-likeness (QED) is 0.145. The zero-order chi connectivity index (χ0) is 29.4. The lowest BCUT2D eigenvalue weighted by molar-refractivity contribution is -0.178. The third-order valence-corrected chi connectivity index (χ3v) is 6.87. The summed E-state index contributed by atoms with van der Waals surface area (Å²) >= 11 is 0. The van der Waals surface area contributed by atoms with Crippen molar-refractivity contribution in [3.63, 3.8) is 0 Å². The molecule has 2 rings (SSSR count). The highest BCUT2D eigenvalue weighted by molar-refractivity contribution is 5.82. The molecule has 4 atom stereocenters. The monoisotopic (exact) mass is 554 g/mol. The third kappa shape index (κ3) is 8.00. The number of esters is 4. The molecule has 0 aliphatic heterocycles. The van der Waals surface area contributed by atoms with Gasteiger partial charge in [0.05, 0.1) is 51.1 Å². The standard InChI is InChI=1S/C13H18F2O4.C12H16F2O5/c1-4-5-12(11(17)19-3)6-9(10(16)18-2)7-13(14,15)8-12;1-18-9(16)8-5-11(3-4-15,10(17)19-2)7-12(13,14)6-8/h4,9H,1,5-8H2,2-3H3;4,8H,3,5-7H2,1-2H3/t;8-,11-/m.0/s1. The third-order valence-electron chi connectivity index (χ3n) is 6.87. The number of aldehydes is 1. The Balaban J connectivity index is 0.000000380. The van der Waals surface area contributed by atoms with E-state index in [-0.39, 0.29) is 19.3 Å². The van der Waals surface area contributed by atoms with E-state index in [1.54, 1.807) is 0 Å². The maximum Gasteiger partial charge on any atom is 0.312 e. The molecular weight excluding hydrogens is 520 g/mol. The van der Waals surface area contributed by atoms with Crippen molar-refractivity contribution in [2.24, 2.45) is 22.7 Å². The Bertz CT molecular complexity index is 835. The van der Waals surface area contributed by atoms with Crippen LogP contribution in [0.1, 0.15) is 51.4 Å². The van der Waals surface area contributed by atoms with Gasteiger partial charge in [0, 0.05) is 32.1 Å². The van der Waals surface area contributed by atoms with Gasteiger partial charge in [0.2, 0.25) is 11.8 Å². The number of hydrogen-bond donors (Lipinski definition) is 0. The molecule has 0 heterocycles. The van der Waals surface area contributed by atoms with E-state index in [1.165, 1.54) is 6.08 Å². The Morgan fingerprint density at radius 3 is 1.37 bits per heavy atom. The van der Waals surface area contributed by atoms with Crippen LogP contribution in [0.15, 0.2) is 12.7 Å². The van der Waals surface area contributed by atoms with E-state index in [2.05, 4.69) is 25.5 Å². The fourth-order valence-electron chi connectivity index (χ4n) is 5.41. The highest BCUT2D eigenvalue weighted by Gasteiger charge is 2.56. The summed E-state index contributed by atoms with van der Waals surface area (Å²) in [6, 6.07) is 0. The molecule has 216 valence electrons. The Morgan fingerprint density at radius 1 is 0.711 bits per heavy atom. The number of carbonyl (C=O) groups is 5. The van der Waals surface area contributed by atoms with Crippen LogP contribution in [0.25, 0.3) is 0 Å². The van der Waals surface area contributed by atoms with Gasteiger partial charge in [-0.2, -0.15) is 0 Å². The minimum Gasteiger partial charge on any atom is -0.469 e. The predicted octanol–water partition coefficient (Wildman–Crippen LogP) is 3.67. The van der Waals surface area contributed by atoms with Crippen molar-refractivity contribution in [3.05, 3.63) is 12.7 Å². The first-order valence-electron chi connectivity index (χ1n) is 11.7. The molecule has 0 spiro atoms. The Hall–Kier alpha value is -2.99. The summed E-state index contributed by atoms with van der Waals surface area (Å²) in [5.74, 6) is -11.6. The van der Waals surface area contributed by atoms with E-state index in [9.17, 15) is 41.5 Å². The summed E-state index contributed by atoms with van der Waals surface area (Å²) in [4.78, 5) is 57.3. The zero-order valence-corrected chi connectivity index (χ0v) is 21.9. The van der Waals surface area contributed by atoms with Crippen LogP contribution in [0.2, 0.25) is 0 Å². The number of rotatable bonds is 8. The van der Waals surface area contributed by atoms with Crippen molar-refractivity contribution >= 4 is 30.2 Å². The van der Waals surface area contributed by atoms with Crippen LogP contribution in [0.5, 0.6) is 0 Å². The summed E-state index contributed by atoms with van der Waals surface area (Å²) in [6.07, 6.45) is -1.45. The molecule has 2 fully saturated rings. The topological polar surface area (TPSA) is 122 Å². The molecule has 2 aliphatic rings. The minimum atomic E-state index is -3.21. The second-order valence-corrected chi connectivity index (χ2v) is 9.73. The van der Waals surface area contributed by atoms with Crippen molar-refractivity contribution < 1.29 is 60.5 Å². The van der Waals surface area contributed by atoms with Crippen molar-refractivity contribution in [2.75, 3.05) is 28.4 Å². The molecule has 0 amide bonds. The molecule has 0 radical (unpaired) electrons. The van der Waals surface area contributed by atoms with Crippen molar-refractivity contribution in [1.29, 1.82) is 0 Å². The van der Waals surface area contributed by atoms with Crippen LogP contribution in [0.4, 0.5) is 17.6 Å². The van der Waals surface area contributed by atoms with E-state index in [4.69, 9.17) is 0 Å². The first kappa shape index (κ1) is 33.0. The molecule has 0 aromatic carbocycles. The van der Waals surface area contributed by atoms with Gasteiger partial charge in [0.25, 0.3) is 0 Å². The van der Waals surface area contributed by atoms with Gasteiger partial charge in [0.15, 0.2) is 0 Å². The first-order valence-corrected chi connectivity index (χ1v) is 11.7. The number of allylic oxidation sites excluding steroid dienone is 1. The van der Waals surface area contributed by atoms with Gasteiger partial charge in [0.1, 0.15) is 6.29 Å². The summed E-state index contributed by atoms with van der Waals surface area (Å²) in [5.41, 5.74) is -3.06. The van der Waals surface area contributed by atoms with Gasteiger partial charge < -0.3 is 23.7 Å². The maximum absolute atomic E-state index is 13.8. The number of carbonyl (C=O) groups excluding carboxylic acids is 5. The largest absolute Gasteiger partial charge is 0.469 e. The minimum absolute atomic E-state index is 0.00600. The molecule has 38 heavy (non-hydrogen) atoms. The maximum atomic E-state index is 13.8. The van der Waals surface area contributed by atoms with Crippen LogP contribution in [0.3, 0.4) is 0 Å². The molecule has 0 bridgehead atoms. The van der Waals surface area contributed by atoms with Crippen molar-refractivity contribution in [2.45, 2.75) is 63.2 Å². The molecule has 0 saturated heterocycles. The smallest absolute Gasteiger partial charge is 0.312 e. The highest BCUT2D eigenvalue weighted by atomic mass is 19.3. The molecule has 9 nitrogen and oxygen atoms in total. The molecule has 0 aromatic heterocycles. The SMILES string of the molecule is C=CCC1(C(=O)OC)CC(C(=O)OC)CC(F)(F)C1.COC(=O)[C@@H]1CC(F)(F)C[C@@](CC=O)(C(=O)OC)C1. The van der Waals surface area contributed by atoms with Crippen molar-refractivity contribution in [3.8, 4) is 0 Å². The van der Waals surface area contributed by atoms with E-state index in [0.717, 1.165) is 28.4 Å². The number of hydrogen-bond acceptors (Lipinski definition) is 9. The average Bonchev–Trinajstić information content (AvgIpc) is 2.85. The number of methoxy groups -OCH3 is 4. The Kier molecular flexibility index (Phi) is 11.5. The molecule has 2 saturated carbocycles. The fourth-order valence-corrected chi connectivity index (χ4v) is 5.41. The van der Waals surface area contributed by atoms with Gasteiger partial charge in [-0.1, -0.05) is 6.08 Å². The van der Waals surface area contributed by atoms with E-state index in [1.807, 2.05) is 0 Å². The lowest BCUT2D eigenvalue weighted by atomic mass is 9.66. The molecule has 13 heteroatoms. The summed E-state index contributed by atoms with van der Waals surface area (Å²) < 4.78 is 73.2. The van der Waals surface area contributed by atoms with Gasteiger partial charge >= 0.3 is 23.9 Å². The summed E-state index contributed by atoms with van der Waals surface area (Å²) in [5, 5.41) is 0. The van der Waals surface area contributed by atoms with Crippen LogP contribution in [-0.4, -0.2) is 70.4 Å². The predicted molar refractivity (Wildman–Crippen MR) is 123 cm³/mol. The molecule has 2 aliphatic carbocycles. The van der Waals surface area contributed by atoms with Gasteiger partial charge in [-0.25, -0.2) is 17.6 Å². The van der Waals surface area contributed by atoms with Crippen LogP contribution < -0.4 is 0 Å². The lowest BCUT2D eigenvalue weighted by Gasteiger charge is -2.40. The Morgan fingerprint density at radius 2 is 1.08 bits per heavy atom. The second-order valence-electron chi connectivity index (χ2n) is 9.73. The number of ether oxygens (including phenoxy) is 4. The van der Waals surface area contributed by atoms with Gasteiger partial charge in [-0.15, -0.1) is 6.58 Å². The normalized spacial score (nSPS) is 29.4. The van der Waals surface area contributed by atoms with E-state index < -0.39 is 90.5 Å². The number of alkyl halides is 4. The lowest BCUT2D eigenvalue weighted by Crippen LogP contribution is -2.47. The zero-order valence-electron chi connectivity index (χ0n) is 21.9. The average molecular weight is 555 g/mol.